The number of fused-ring (bicyclic) bond motifs is 1. The summed E-state index contributed by atoms with van der Waals surface area (Å²) < 4.78 is 2.06. The lowest BCUT2D eigenvalue weighted by Gasteiger charge is -1.91. The van der Waals surface area contributed by atoms with Crippen molar-refractivity contribution in [3.63, 3.8) is 0 Å². The van der Waals surface area contributed by atoms with Crippen LogP contribution in [0.1, 0.15) is 27.7 Å². The van der Waals surface area contributed by atoms with Gasteiger partial charge in [-0.2, -0.15) is 0 Å². The molecule has 0 saturated heterocycles. The monoisotopic (exact) mass is 192 g/mol. The number of hydrogen-bond acceptors (Lipinski definition) is 1. The first-order valence-electron chi connectivity index (χ1n) is 5.24. The summed E-state index contributed by atoms with van der Waals surface area (Å²) in [5.74, 6) is 0. The van der Waals surface area contributed by atoms with Crippen molar-refractivity contribution in [2.24, 2.45) is 7.05 Å². The van der Waals surface area contributed by atoms with E-state index >= 15 is 0 Å². The largest absolute Gasteiger partial charge is 0.349 e. The van der Waals surface area contributed by atoms with Gasteiger partial charge in [0, 0.05) is 19.4 Å². The number of nitrogens with zero attached hydrogens (tertiary/aromatic N) is 2. The van der Waals surface area contributed by atoms with E-state index in [-0.39, 0.29) is 0 Å². The average Bonchev–Trinajstić information content (AvgIpc) is 2.67. The van der Waals surface area contributed by atoms with E-state index in [0.717, 1.165) is 5.52 Å². The second-order valence-electron chi connectivity index (χ2n) is 2.33. The highest BCUT2D eigenvalue weighted by Gasteiger charge is 1.93. The van der Waals surface area contributed by atoms with Gasteiger partial charge in [-0.05, 0) is 18.2 Å². The molecule has 0 radical (unpaired) electrons. The fourth-order valence-electron chi connectivity index (χ4n) is 1.10. The molecule has 0 unspecified atom stereocenters. The molecule has 0 N–H and O–H groups in total. The van der Waals surface area contributed by atoms with Gasteiger partial charge >= 0.3 is 0 Å². The SMILES string of the molecule is CC.CC.Cn1ccc2ncccc21. The van der Waals surface area contributed by atoms with Crippen molar-refractivity contribution in [3.8, 4) is 0 Å². The molecule has 2 aromatic rings. The molecule has 0 bridgehead atoms. The van der Waals surface area contributed by atoms with Crippen LogP contribution in [0, 0.1) is 0 Å². The highest BCUT2D eigenvalue weighted by atomic mass is 14.9. The molecule has 78 valence electrons. The zero-order chi connectivity index (χ0) is 11.0. The maximum atomic E-state index is 4.18. The Morgan fingerprint density at radius 3 is 2.29 bits per heavy atom. The molecule has 2 rings (SSSR count). The molecule has 0 aliphatic rings. The molecule has 0 aromatic carbocycles. The molecule has 2 aromatic heterocycles. The van der Waals surface area contributed by atoms with E-state index in [1.807, 2.05) is 59.3 Å². The van der Waals surface area contributed by atoms with Crippen LogP contribution in [0.15, 0.2) is 30.6 Å². The number of rotatable bonds is 0. The van der Waals surface area contributed by atoms with Crippen LogP contribution in [0.5, 0.6) is 0 Å². The van der Waals surface area contributed by atoms with E-state index in [9.17, 15) is 0 Å². The molecule has 2 heteroatoms. The van der Waals surface area contributed by atoms with E-state index in [2.05, 4.69) is 15.6 Å². The van der Waals surface area contributed by atoms with Crippen molar-refractivity contribution >= 4 is 11.0 Å². The minimum absolute atomic E-state index is 1.06. The Morgan fingerprint density at radius 1 is 1.07 bits per heavy atom. The lowest BCUT2D eigenvalue weighted by molar-refractivity contribution is 0.968. The van der Waals surface area contributed by atoms with E-state index in [4.69, 9.17) is 0 Å². The van der Waals surface area contributed by atoms with Gasteiger partial charge in [0.2, 0.25) is 0 Å². The van der Waals surface area contributed by atoms with Gasteiger partial charge < -0.3 is 4.57 Å². The van der Waals surface area contributed by atoms with Gasteiger partial charge in [-0.3, -0.25) is 4.98 Å². The van der Waals surface area contributed by atoms with Crippen LogP contribution in [0.2, 0.25) is 0 Å². The Kier molecular flexibility index (Phi) is 6.46. The zero-order valence-electron chi connectivity index (χ0n) is 9.78. The normalized spacial score (nSPS) is 8.36. The predicted octanol–water partition coefficient (Wildman–Crippen LogP) is 3.63. The summed E-state index contributed by atoms with van der Waals surface area (Å²) in [6.45, 7) is 8.00. The molecule has 0 aliphatic carbocycles. The van der Waals surface area contributed by atoms with Crippen molar-refractivity contribution in [1.82, 2.24) is 9.55 Å². The van der Waals surface area contributed by atoms with Crippen LogP contribution in [-0.2, 0) is 7.05 Å². The maximum absolute atomic E-state index is 4.18. The lowest BCUT2D eigenvalue weighted by atomic mass is 10.4. The first kappa shape index (κ1) is 12.7. The standard InChI is InChI=1S/C8H8N2.2C2H6/c1-10-6-4-7-8(10)3-2-5-9-7;2*1-2/h2-6H,1H3;2*1-2H3. The molecular formula is C12H20N2. The van der Waals surface area contributed by atoms with Gasteiger partial charge in [0.05, 0.1) is 11.0 Å². The third kappa shape index (κ3) is 2.87. The van der Waals surface area contributed by atoms with Crippen LogP contribution in [0.3, 0.4) is 0 Å². The molecule has 0 spiro atoms. The lowest BCUT2D eigenvalue weighted by Crippen LogP contribution is -1.82. The highest BCUT2D eigenvalue weighted by molar-refractivity contribution is 5.74. The molecule has 14 heavy (non-hydrogen) atoms. The minimum Gasteiger partial charge on any atom is -0.349 e. The number of aryl methyl sites for hydroxylation is 1. The van der Waals surface area contributed by atoms with Crippen LogP contribution < -0.4 is 0 Å². The molecule has 0 aliphatic heterocycles. The highest BCUT2D eigenvalue weighted by Crippen LogP contribution is 2.09. The van der Waals surface area contributed by atoms with Crippen LogP contribution in [0.25, 0.3) is 11.0 Å². The van der Waals surface area contributed by atoms with Gasteiger partial charge in [-0.25, -0.2) is 0 Å². The number of aromatic nitrogens is 2. The summed E-state index contributed by atoms with van der Waals surface area (Å²) >= 11 is 0. The number of hydrogen-bond donors (Lipinski definition) is 0. The quantitative estimate of drug-likeness (QED) is 0.623. The van der Waals surface area contributed by atoms with Gasteiger partial charge in [-0.1, -0.05) is 27.7 Å². The minimum atomic E-state index is 1.06. The maximum Gasteiger partial charge on any atom is 0.0880 e. The van der Waals surface area contributed by atoms with Crippen molar-refractivity contribution < 1.29 is 0 Å². The zero-order valence-corrected chi connectivity index (χ0v) is 9.78. The summed E-state index contributed by atoms with van der Waals surface area (Å²) in [6, 6.07) is 6.01. The van der Waals surface area contributed by atoms with Gasteiger partial charge in [0.25, 0.3) is 0 Å². The number of pyridine rings is 1. The summed E-state index contributed by atoms with van der Waals surface area (Å²) in [7, 11) is 2.02. The molecule has 0 fully saturated rings. The van der Waals surface area contributed by atoms with Gasteiger partial charge in [0.1, 0.15) is 0 Å². The Labute approximate surface area is 86.6 Å². The van der Waals surface area contributed by atoms with E-state index in [1.54, 1.807) is 0 Å². The predicted molar refractivity (Wildman–Crippen MR) is 63.4 cm³/mol. The summed E-state index contributed by atoms with van der Waals surface area (Å²) in [6.07, 6.45) is 3.82. The molecule has 2 heterocycles. The summed E-state index contributed by atoms with van der Waals surface area (Å²) in [5, 5.41) is 0. The first-order valence-corrected chi connectivity index (χ1v) is 5.24. The van der Waals surface area contributed by atoms with Crippen molar-refractivity contribution in [2.45, 2.75) is 27.7 Å². The second-order valence-corrected chi connectivity index (χ2v) is 2.33. The third-order valence-corrected chi connectivity index (χ3v) is 1.65. The van der Waals surface area contributed by atoms with Crippen LogP contribution in [-0.4, -0.2) is 9.55 Å². The molecule has 0 saturated carbocycles. The van der Waals surface area contributed by atoms with Crippen LogP contribution >= 0.6 is 0 Å². The van der Waals surface area contributed by atoms with Crippen molar-refractivity contribution in [2.75, 3.05) is 0 Å². The molecule has 0 atom stereocenters. The van der Waals surface area contributed by atoms with Crippen LogP contribution in [0.4, 0.5) is 0 Å². The third-order valence-electron chi connectivity index (χ3n) is 1.65. The molecular weight excluding hydrogens is 172 g/mol. The smallest absolute Gasteiger partial charge is 0.0880 e. The first-order chi connectivity index (χ1) is 6.88. The fraction of sp³-hybridized carbons (Fsp3) is 0.417. The Balaban J connectivity index is 0.000000379. The topological polar surface area (TPSA) is 17.8 Å². The average molecular weight is 192 g/mol. The van der Waals surface area contributed by atoms with Gasteiger partial charge in [0.15, 0.2) is 0 Å². The fourth-order valence-corrected chi connectivity index (χ4v) is 1.10. The Morgan fingerprint density at radius 2 is 1.71 bits per heavy atom. The van der Waals surface area contributed by atoms with Crippen molar-refractivity contribution in [1.29, 1.82) is 0 Å². The Bertz CT molecular complexity index is 350. The summed E-state index contributed by atoms with van der Waals surface area (Å²) in [5.41, 5.74) is 2.24. The molecule has 2 nitrogen and oxygen atoms in total. The Hall–Kier alpha value is -1.31. The van der Waals surface area contributed by atoms with E-state index in [1.165, 1.54) is 5.52 Å². The molecule has 0 amide bonds. The second kappa shape index (κ2) is 7.13. The summed E-state index contributed by atoms with van der Waals surface area (Å²) in [4.78, 5) is 4.18. The van der Waals surface area contributed by atoms with E-state index in [0.29, 0.717) is 0 Å². The van der Waals surface area contributed by atoms with Gasteiger partial charge in [-0.15, -0.1) is 0 Å². The van der Waals surface area contributed by atoms with Crippen molar-refractivity contribution in [3.05, 3.63) is 30.6 Å². The van der Waals surface area contributed by atoms with E-state index < -0.39 is 0 Å².